The summed E-state index contributed by atoms with van der Waals surface area (Å²) in [6.07, 6.45) is 0.804. The topological polar surface area (TPSA) is 104 Å². The lowest BCUT2D eigenvalue weighted by molar-refractivity contribution is 0.0672. The molecule has 0 spiro atoms. The average molecular weight is 457 g/mol. The second-order valence-electron chi connectivity index (χ2n) is 9.99. The van der Waals surface area contributed by atoms with Gasteiger partial charge in [0.15, 0.2) is 0 Å². The van der Waals surface area contributed by atoms with E-state index in [9.17, 15) is 9.59 Å². The molecule has 2 aromatic rings. The van der Waals surface area contributed by atoms with Crippen molar-refractivity contribution in [3.63, 3.8) is 0 Å². The predicted octanol–water partition coefficient (Wildman–Crippen LogP) is 4.50. The SMILES string of the molecule is CC1(NC(=O)O[C@H]2CO[C@@H](c3cc(NC(=O)OCc4ccccc4)n(C(C)(C)C)n3)C2)CC1. The molecule has 2 aliphatic rings. The minimum atomic E-state index is -0.561. The maximum absolute atomic E-state index is 12.4. The molecule has 33 heavy (non-hydrogen) atoms. The largest absolute Gasteiger partial charge is 0.444 e. The van der Waals surface area contributed by atoms with Crippen LogP contribution in [0.15, 0.2) is 36.4 Å². The Kier molecular flexibility index (Phi) is 6.34. The molecule has 1 aliphatic heterocycles. The van der Waals surface area contributed by atoms with Crippen molar-refractivity contribution in [2.75, 3.05) is 11.9 Å². The monoisotopic (exact) mass is 456 g/mol. The number of rotatable bonds is 6. The van der Waals surface area contributed by atoms with Crippen LogP contribution in [0.5, 0.6) is 0 Å². The van der Waals surface area contributed by atoms with E-state index in [2.05, 4.69) is 15.7 Å². The Morgan fingerprint density at radius 3 is 2.61 bits per heavy atom. The van der Waals surface area contributed by atoms with E-state index in [4.69, 9.17) is 14.2 Å². The number of aromatic nitrogens is 2. The summed E-state index contributed by atoms with van der Waals surface area (Å²) in [7, 11) is 0. The summed E-state index contributed by atoms with van der Waals surface area (Å²) in [4.78, 5) is 24.5. The molecule has 4 rings (SSSR count). The lowest BCUT2D eigenvalue weighted by Crippen LogP contribution is -2.37. The van der Waals surface area contributed by atoms with Crippen LogP contribution in [0.1, 0.15) is 64.3 Å². The fourth-order valence-electron chi connectivity index (χ4n) is 3.65. The van der Waals surface area contributed by atoms with Gasteiger partial charge in [-0.05, 0) is 46.1 Å². The van der Waals surface area contributed by atoms with Gasteiger partial charge in [0.25, 0.3) is 0 Å². The minimum absolute atomic E-state index is 0.128. The number of benzene rings is 1. The van der Waals surface area contributed by atoms with E-state index in [1.807, 2.05) is 58.0 Å². The first-order valence-corrected chi connectivity index (χ1v) is 11.3. The Balaban J connectivity index is 1.37. The number of nitrogens with one attached hydrogen (secondary N) is 2. The molecule has 0 unspecified atom stereocenters. The highest BCUT2D eigenvalue weighted by molar-refractivity contribution is 5.83. The molecule has 2 heterocycles. The number of anilines is 1. The maximum atomic E-state index is 12.4. The zero-order valence-electron chi connectivity index (χ0n) is 19.6. The van der Waals surface area contributed by atoms with Crippen molar-refractivity contribution >= 4 is 18.0 Å². The van der Waals surface area contributed by atoms with Crippen LogP contribution in [0.3, 0.4) is 0 Å². The van der Waals surface area contributed by atoms with E-state index in [-0.39, 0.29) is 29.9 Å². The lowest BCUT2D eigenvalue weighted by atomic mass is 10.1. The fourth-order valence-corrected chi connectivity index (χ4v) is 3.65. The van der Waals surface area contributed by atoms with E-state index in [0.717, 1.165) is 18.4 Å². The molecular weight excluding hydrogens is 424 g/mol. The van der Waals surface area contributed by atoms with Gasteiger partial charge in [0, 0.05) is 18.0 Å². The molecule has 0 radical (unpaired) electrons. The van der Waals surface area contributed by atoms with Crippen LogP contribution < -0.4 is 10.6 Å². The molecule has 9 nitrogen and oxygen atoms in total. The molecule has 1 aromatic heterocycles. The minimum Gasteiger partial charge on any atom is -0.444 e. The number of hydrogen-bond donors (Lipinski definition) is 2. The Morgan fingerprint density at radius 1 is 1.21 bits per heavy atom. The van der Waals surface area contributed by atoms with Crippen molar-refractivity contribution in [3.8, 4) is 0 Å². The molecular formula is C24H32N4O5. The lowest BCUT2D eigenvalue weighted by Gasteiger charge is -2.22. The van der Waals surface area contributed by atoms with E-state index in [1.165, 1.54) is 0 Å². The summed E-state index contributed by atoms with van der Waals surface area (Å²) in [5, 5.41) is 10.4. The molecule has 0 bridgehead atoms. The number of ether oxygens (including phenoxy) is 3. The number of hydrogen-bond acceptors (Lipinski definition) is 6. The molecule has 9 heteroatoms. The highest BCUT2D eigenvalue weighted by Crippen LogP contribution is 2.35. The Hall–Kier alpha value is -3.07. The van der Waals surface area contributed by atoms with Crippen LogP contribution in [0.2, 0.25) is 0 Å². The zero-order valence-corrected chi connectivity index (χ0v) is 19.6. The van der Waals surface area contributed by atoms with Crippen molar-refractivity contribution in [1.82, 2.24) is 15.1 Å². The van der Waals surface area contributed by atoms with Gasteiger partial charge in [-0.2, -0.15) is 5.10 Å². The predicted molar refractivity (Wildman–Crippen MR) is 122 cm³/mol. The molecule has 178 valence electrons. The fraction of sp³-hybridized carbons (Fsp3) is 0.542. The van der Waals surface area contributed by atoms with Crippen molar-refractivity contribution < 1.29 is 23.8 Å². The molecule has 1 saturated heterocycles. The maximum Gasteiger partial charge on any atom is 0.413 e. The van der Waals surface area contributed by atoms with Crippen molar-refractivity contribution in [2.45, 2.75) is 76.9 Å². The number of nitrogens with zero attached hydrogens (tertiary/aromatic N) is 2. The summed E-state index contributed by atoms with van der Waals surface area (Å²) >= 11 is 0. The second kappa shape index (κ2) is 9.05. The molecule has 2 N–H and O–H groups in total. The van der Waals surface area contributed by atoms with Gasteiger partial charge in [0.2, 0.25) is 0 Å². The number of carbonyl (C=O) groups excluding carboxylic acids is 2. The first-order valence-electron chi connectivity index (χ1n) is 11.3. The van der Waals surface area contributed by atoms with E-state index >= 15 is 0 Å². The van der Waals surface area contributed by atoms with Crippen LogP contribution in [0, 0.1) is 0 Å². The van der Waals surface area contributed by atoms with Crippen LogP contribution in [0.4, 0.5) is 15.4 Å². The number of amides is 2. The number of carbonyl (C=O) groups is 2. The zero-order chi connectivity index (χ0) is 23.6. The summed E-state index contributed by atoms with van der Waals surface area (Å²) in [5.41, 5.74) is 1.07. The van der Waals surface area contributed by atoms with Gasteiger partial charge in [-0.25, -0.2) is 14.3 Å². The molecule has 1 saturated carbocycles. The standard InChI is InChI=1S/C24H32N4O5/c1-23(2,3)28-20(25-21(29)32-14-16-8-6-5-7-9-16)13-18(27-28)19-12-17(15-31-19)33-22(30)26-24(4)10-11-24/h5-9,13,17,19H,10-12,14-15H2,1-4H3,(H,25,29)(H,26,30)/t17-,19-/m1/s1. The first-order chi connectivity index (χ1) is 15.6. The van der Waals surface area contributed by atoms with E-state index in [1.54, 1.807) is 10.7 Å². The molecule has 1 aliphatic carbocycles. The molecule has 2 atom stereocenters. The Labute approximate surface area is 193 Å². The van der Waals surface area contributed by atoms with Crippen molar-refractivity contribution in [1.29, 1.82) is 0 Å². The third kappa shape index (κ3) is 6.04. The molecule has 1 aromatic carbocycles. The van der Waals surface area contributed by atoms with Gasteiger partial charge >= 0.3 is 12.2 Å². The van der Waals surface area contributed by atoms with Crippen LogP contribution in [-0.2, 0) is 26.4 Å². The summed E-state index contributed by atoms with van der Waals surface area (Å²) < 4.78 is 18.5. The van der Waals surface area contributed by atoms with Crippen molar-refractivity contribution in [3.05, 3.63) is 47.7 Å². The normalized spacial score (nSPS) is 21.3. The molecule has 2 amide bonds. The summed E-state index contributed by atoms with van der Waals surface area (Å²) in [6.45, 7) is 8.46. The van der Waals surface area contributed by atoms with Crippen LogP contribution in [0.25, 0.3) is 0 Å². The van der Waals surface area contributed by atoms with Crippen LogP contribution in [-0.4, -0.2) is 40.2 Å². The van der Waals surface area contributed by atoms with E-state index in [0.29, 0.717) is 24.5 Å². The number of alkyl carbamates (subject to hydrolysis) is 1. The Morgan fingerprint density at radius 2 is 1.94 bits per heavy atom. The van der Waals surface area contributed by atoms with Gasteiger partial charge in [0.05, 0.1) is 17.8 Å². The van der Waals surface area contributed by atoms with Gasteiger partial charge in [-0.15, -0.1) is 0 Å². The molecule has 2 fully saturated rings. The van der Waals surface area contributed by atoms with Gasteiger partial charge < -0.3 is 19.5 Å². The van der Waals surface area contributed by atoms with Gasteiger partial charge in [0.1, 0.15) is 24.6 Å². The Bertz CT molecular complexity index is 994. The van der Waals surface area contributed by atoms with Crippen LogP contribution >= 0.6 is 0 Å². The first kappa shape index (κ1) is 23.1. The average Bonchev–Trinajstić information content (AvgIpc) is 3.14. The third-order valence-corrected chi connectivity index (χ3v) is 5.77. The smallest absolute Gasteiger partial charge is 0.413 e. The summed E-state index contributed by atoms with van der Waals surface area (Å²) in [5.74, 6) is 0.517. The summed E-state index contributed by atoms with van der Waals surface area (Å²) in [6, 6.07) is 11.3. The van der Waals surface area contributed by atoms with Gasteiger partial charge in [-0.1, -0.05) is 30.3 Å². The third-order valence-electron chi connectivity index (χ3n) is 5.77. The quantitative estimate of drug-likeness (QED) is 0.664. The van der Waals surface area contributed by atoms with Gasteiger partial charge in [-0.3, -0.25) is 5.32 Å². The van der Waals surface area contributed by atoms with Crippen molar-refractivity contribution in [2.24, 2.45) is 0 Å². The second-order valence-corrected chi connectivity index (χ2v) is 9.99. The van der Waals surface area contributed by atoms with E-state index < -0.39 is 12.2 Å². The highest BCUT2D eigenvalue weighted by Gasteiger charge is 2.40. The highest BCUT2D eigenvalue weighted by atomic mass is 16.6.